The van der Waals surface area contributed by atoms with E-state index < -0.39 is 107 Å². The molecule has 0 bridgehead atoms. The minimum Gasteiger partial charge on any atom is -0.505 e. The maximum Gasteiger partial charge on any atom is 0.329 e. The highest BCUT2D eigenvalue weighted by Gasteiger charge is 2.46. The van der Waals surface area contributed by atoms with Gasteiger partial charge in [-0.15, -0.1) is 0 Å². The molecule has 3 heterocycles. The van der Waals surface area contributed by atoms with E-state index >= 15 is 0 Å². The molecule has 0 spiro atoms. The third kappa shape index (κ3) is 6.53. The number of amides is 3. The lowest BCUT2D eigenvalue weighted by Gasteiger charge is -2.36. The highest BCUT2D eigenvalue weighted by Crippen LogP contribution is 2.37. The Bertz CT molecular complexity index is 1440. The van der Waals surface area contributed by atoms with Gasteiger partial charge in [-0.1, -0.05) is 6.92 Å². The minimum absolute atomic E-state index is 0.291. The number of pyridine rings is 2. The number of halogens is 4. The number of likely N-dealkylation sites (N-methyl/N-ethyl adjacent to an activating group) is 1. The number of aliphatic hydroxyl groups is 1. The van der Waals surface area contributed by atoms with E-state index in [0.29, 0.717) is 12.8 Å². The Morgan fingerprint density at radius 3 is 2.44 bits per heavy atom. The van der Waals surface area contributed by atoms with E-state index in [4.69, 9.17) is 4.74 Å². The van der Waals surface area contributed by atoms with Gasteiger partial charge in [0.05, 0.1) is 18.1 Å². The van der Waals surface area contributed by atoms with Crippen LogP contribution in [0.1, 0.15) is 42.7 Å². The maximum atomic E-state index is 14.6. The zero-order chi connectivity index (χ0) is 31.7. The molecule has 4 rings (SSSR count). The number of cyclic esters (lactones) is 1. The van der Waals surface area contributed by atoms with E-state index in [1.54, 1.807) is 0 Å². The summed E-state index contributed by atoms with van der Waals surface area (Å²) in [5, 5.41) is 25.8. The summed E-state index contributed by atoms with van der Waals surface area (Å²) in [5.41, 5.74) is -1.61. The molecule has 43 heavy (non-hydrogen) atoms. The number of aromatic hydroxyl groups is 1. The molecule has 16 heteroatoms. The number of aromatic nitrogens is 2. The number of rotatable bonds is 5. The van der Waals surface area contributed by atoms with Crippen molar-refractivity contribution in [2.45, 2.75) is 63.4 Å². The van der Waals surface area contributed by atoms with Gasteiger partial charge in [0.25, 0.3) is 11.9 Å². The van der Waals surface area contributed by atoms with Crippen LogP contribution in [-0.2, 0) is 25.5 Å². The second-order valence-corrected chi connectivity index (χ2v) is 10.6. The van der Waals surface area contributed by atoms with Crippen molar-refractivity contribution in [3.8, 4) is 5.75 Å². The quantitative estimate of drug-likeness (QED) is 0.216. The normalized spacial score (nSPS) is 27.1. The van der Waals surface area contributed by atoms with Gasteiger partial charge >= 0.3 is 5.97 Å². The van der Waals surface area contributed by atoms with Crippen LogP contribution >= 0.6 is 0 Å². The highest BCUT2D eigenvalue weighted by molar-refractivity contribution is 5.98. The van der Waals surface area contributed by atoms with Gasteiger partial charge in [0.1, 0.15) is 23.9 Å². The predicted molar refractivity (Wildman–Crippen MR) is 137 cm³/mol. The van der Waals surface area contributed by atoms with Gasteiger partial charge in [-0.3, -0.25) is 14.4 Å². The van der Waals surface area contributed by atoms with Crippen LogP contribution < -0.4 is 10.6 Å². The molecule has 2 fully saturated rings. The number of ether oxygens (including phenoxy) is 1. The molecule has 12 nitrogen and oxygen atoms in total. The molecule has 0 aromatic carbocycles. The summed E-state index contributed by atoms with van der Waals surface area (Å²) in [7, 11) is 1.31. The van der Waals surface area contributed by atoms with Crippen LogP contribution in [-0.4, -0.2) is 86.2 Å². The lowest BCUT2D eigenvalue weighted by Crippen LogP contribution is -2.61. The van der Waals surface area contributed by atoms with Crippen molar-refractivity contribution >= 4 is 23.7 Å². The summed E-state index contributed by atoms with van der Waals surface area (Å²) in [6.07, 6.45) is -1.98. The number of esters is 1. The van der Waals surface area contributed by atoms with Gasteiger partial charge in [0.15, 0.2) is 11.5 Å². The maximum absolute atomic E-state index is 14.6. The molecular weight excluding hydrogens is 582 g/mol. The first-order chi connectivity index (χ1) is 20.2. The molecule has 232 valence electrons. The molecule has 1 aliphatic heterocycles. The Balaban J connectivity index is 1.76. The Morgan fingerprint density at radius 1 is 1.14 bits per heavy atom. The topological polar surface area (TPSA) is 171 Å². The number of carbonyl (C=O) groups is 4. The van der Waals surface area contributed by atoms with Gasteiger partial charge in [-0.2, -0.15) is 18.2 Å². The summed E-state index contributed by atoms with van der Waals surface area (Å²) in [6, 6.07) is -2.09. The van der Waals surface area contributed by atoms with Gasteiger partial charge in [0.2, 0.25) is 23.6 Å². The van der Waals surface area contributed by atoms with Crippen molar-refractivity contribution < 1.29 is 51.7 Å². The number of nitrogens with zero attached hydrogens (tertiary/aromatic N) is 3. The Kier molecular flexibility index (Phi) is 9.18. The molecule has 4 N–H and O–H groups in total. The second-order valence-electron chi connectivity index (χ2n) is 10.6. The summed E-state index contributed by atoms with van der Waals surface area (Å²) >= 11 is 0. The van der Waals surface area contributed by atoms with Crippen molar-refractivity contribution in [1.82, 2.24) is 25.5 Å². The first kappa shape index (κ1) is 31.6. The van der Waals surface area contributed by atoms with Crippen LogP contribution in [0.15, 0.2) is 18.3 Å². The molecule has 1 saturated heterocycles. The molecule has 6 atom stereocenters. The average Bonchev–Trinajstić information content (AvgIpc) is 3.79. The second kappa shape index (κ2) is 12.5. The standard InChI is InChI=1S/C27H29F4N5O7/c1-10-21(38)14(9-13-16(28)17(29)23(31)35-22(13)30)33-24(39)18(34-25(40)19-15(37)5-4-8-32-19)11(2)43-27(42)20(12-6-7-12)36(3)26(10)41/h4-5,8,10-12,14,18,20-21,37-38H,6-7,9H2,1-3H3,(H,33,39)(H,34,40)/t10-,11-,14+,18+,20?,21+/m1/s1. The van der Waals surface area contributed by atoms with Crippen LogP contribution in [0.4, 0.5) is 17.6 Å². The molecule has 2 aromatic rings. The summed E-state index contributed by atoms with van der Waals surface area (Å²) < 4.78 is 62.1. The van der Waals surface area contributed by atoms with E-state index in [-0.39, 0.29) is 5.92 Å². The third-order valence-electron chi connectivity index (χ3n) is 7.57. The van der Waals surface area contributed by atoms with Crippen molar-refractivity contribution in [2.75, 3.05) is 7.05 Å². The summed E-state index contributed by atoms with van der Waals surface area (Å²) in [4.78, 5) is 60.6. The van der Waals surface area contributed by atoms with Gasteiger partial charge in [-0.25, -0.2) is 14.2 Å². The van der Waals surface area contributed by atoms with Crippen LogP contribution in [0.3, 0.4) is 0 Å². The fourth-order valence-electron chi connectivity index (χ4n) is 4.97. The van der Waals surface area contributed by atoms with Gasteiger partial charge in [0, 0.05) is 25.2 Å². The van der Waals surface area contributed by atoms with Gasteiger partial charge in [-0.05, 0) is 37.8 Å². The van der Waals surface area contributed by atoms with E-state index in [0.717, 1.165) is 11.0 Å². The Hall–Kier alpha value is -4.34. The lowest BCUT2D eigenvalue weighted by molar-refractivity contribution is -0.164. The van der Waals surface area contributed by atoms with E-state index in [1.165, 1.54) is 33.2 Å². The molecule has 1 aliphatic carbocycles. The van der Waals surface area contributed by atoms with Gasteiger partial charge < -0.3 is 30.5 Å². The Morgan fingerprint density at radius 2 is 1.81 bits per heavy atom. The average molecular weight is 612 g/mol. The van der Waals surface area contributed by atoms with Crippen LogP contribution in [0.25, 0.3) is 0 Å². The van der Waals surface area contributed by atoms with E-state index in [2.05, 4.69) is 20.6 Å². The zero-order valence-electron chi connectivity index (χ0n) is 23.2. The first-order valence-corrected chi connectivity index (χ1v) is 13.3. The van der Waals surface area contributed by atoms with Crippen LogP contribution in [0, 0.1) is 35.4 Å². The van der Waals surface area contributed by atoms with E-state index in [1.807, 2.05) is 0 Å². The number of hydrogen-bond donors (Lipinski definition) is 4. The number of nitrogens with one attached hydrogen (secondary N) is 2. The third-order valence-corrected chi connectivity index (χ3v) is 7.57. The van der Waals surface area contributed by atoms with Crippen LogP contribution in [0.5, 0.6) is 5.75 Å². The zero-order valence-corrected chi connectivity index (χ0v) is 23.2. The minimum atomic E-state index is -2.10. The summed E-state index contributed by atoms with van der Waals surface area (Å²) in [5.74, 6) is -13.9. The molecule has 0 radical (unpaired) electrons. The van der Waals surface area contributed by atoms with Crippen molar-refractivity contribution in [3.63, 3.8) is 0 Å². The molecule has 2 aromatic heterocycles. The van der Waals surface area contributed by atoms with Crippen molar-refractivity contribution in [1.29, 1.82) is 0 Å². The number of hydrogen-bond acceptors (Lipinski definition) is 9. The summed E-state index contributed by atoms with van der Waals surface area (Å²) in [6.45, 7) is 2.50. The molecule has 1 unspecified atom stereocenters. The van der Waals surface area contributed by atoms with Crippen LogP contribution in [0.2, 0.25) is 0 Å². The fraction of sp³-hybridized carbons (Fsp3) is 0.481. The monoisotopic (exact) mass is 611 g/mol. The SMILES string of the molecule is C[C@H]1OC(=O)C(C2CC2)N(C)C(=O)[C@H](C)[C@H](O)[C@H](Cc2c(F)nc(F)c(F)c2F)NC(=O)[C@H]1NC(=O)c1ncccc1O. The highest BCUT2D eigenvalue weighted by atomic mass is 19.2. The Labute approximate surface area is 242 Å². The van der Waals surface area contributed by atoms with E-state index in [9.17, 15) is 47.0 Å². The smallest absolute Gasteiger partial charge is 0.329 e. The fourth-order valence-corrected chi connectivity index (χ4v) is 4.97. The first-order valence-electron chi connectivity index (χ1n) is 13.3. The molecule has 2 aliphatic rings. The largest absolute Gasteiger partial charge is 0.505 e. The number of carbonyl (C=O) groups excluding carboxylic acids is 4. The lowest BCUT2D eigenvalue weighted by atomic mass is 9.90. The van der Waals surface area contributed by atoms with Crippen molar-refractivity contribution in [3.05, 3.63) is 53.1 Å². The predicted octanol–water partition coefficient (Wildman–Crippen LogP) is 0.744. The number of aliphatic hydroxyl groups excluding tert-OH is 1. The van der Waals surface area contributed by atoms with Crippen molar-refractivity contribution in [2.24, 2.45) is 11.8 Å². The molecule has 3 amide bonds. The molecule has 1 saturated carbocycles. The molecular formula is C27H29F4N5O7.